The lowest BCUT2D eigenvalue weighted by Gasteiger charge is -2.47. The SMILES string of the molecule is CC1(C)CN(c2cc(Cl)nc(N)n2)CC(C)(C)O1. The Morgan fingerprint density at radius 3 is 2.28 bits per heavy atom. The van der Waals surface area contributed by atoms with Gasteiger partial charge >= 0.3 is 0 Å². The predicted octanol–water partition coefficient (Wildman–Crippen LogP) is 2.11. The summed E-state index contributed by atoms with van der Waals surface area (Å²) in [6, 6.07) is 1.73. The third-order valence-corrected chi connectivity index (χ3v) is 2.91. The van der Waals surface area contributed by atoms with E-state index in [4.69, 9.17) is 22.1 Å². The fraction of sp³-hybridized carbons (Fsp3) is 0.667. The highest BCUT2D eigenvalue weighted by atomic mass is 35.5. The van der Waals surface area contributed by atoms with Crippen LogP contribution in [-0.4, -0.2) is 34.3 Å². The van der Waals surface area contributed by atoms with Crippen molar-refractivity contribution in [1.29, 1.82) is 0 Å². The van der Waals surface area contributed by atoms with E-state index in [1.165, 1.54) is 0 Å². The average Bonchev–Trinajstić information content (AvgIpc) is 2.10. The average molecular weight is 271 g/mol. The molecule has 2 N–H and O–H groups in total. The summed E-state index contributed by atoms with van der Waals surface area (Å²) in [5.41, 5.74) is 5.15. The normalized spacial score (nSPS) is 21.9. The Morgan fingerprint density at radius 1 is 1.22 bits per heavy atom. The van der Waals surface area contributed by atoms with Gasteiger partial charge in [-0.15, -0.1) is 0 Å². The highest BCUT2D eigenvalue weighted by molar-refractivity contribution is 6.29. The van der Waals surface area contributed by atoms with Gasteiger partial charge < -0.3 is 15.4 Å². The van der Waals surface area contributed by atoms with E-state index >= 15 is 0 Å². The molecule has 2 heterocycles. The van der Waals surface area contributed by atoms with E-state index in [9.17, 15) is 0 Å². The molecule has 100 valence electrons. The molecular weight excluding hydrogens is 252 g/mol. The zero-order chi connectivity index (χ0) is 13.6. The molecule has 0 amide bonds. The number of hydrogen-bond donors (Lipinski definition) is 1. The lowest BCUT2D eigenvalue weighted by atomic mass is 9.99. The smallest absolute Gasteiger partial charge is 0.223 e. The number of rotatable bonds is 1. The molecule has 1 aromatic rings. The van der Waals surface area contributed by atoms with Gasteiger partial charge in [0.25, 0.3) is 0 Å². The van der Waals surface area contributed by atoms with Gasteiger partial charge in [0.1, 0.15) is 11.0 Å². The van der Waals surface area contributed by atoms with Crippen molar-refractivity contribution < 1.29 is 4.74 Å². The second kappa shape index (κ2) is 4.24. The number of nitrogens with zero attached hydrogens (tertiary/aromatic N) is 3. The molecule has 18 heavy (non-hydrogen) atoms. The molecule has 0 unspecified atom stereocenters. The third-order valence-electron chi connectivity index (χ3n) is 2.72. The molecule has 6 heteroatoms. The van der Waals surface area contributed by atoms with E-state index in [-0.39, 0.29) is 17.2 Å². The number of hydrogen-bond acceptors (Lipinski definition) is 5. The van der Waals surface area contributed by atoms with Gasteiger partial charge in [-0.2, -0.15) is 4.98 Å². The summed E-state index contributed by atoms with van der Waals surface area (Å²) in [7, 11) is 0. The van der Waals surface area contributed by atoms with Crippen molar-refractivity contribution in [3.63, 3.8) is 0 Å². The molecule has 0 aliphatic carbocycles. The highest BCUT2D eigenvalue weighted by Crippen LogP contribution is 2.31. The van der Waals surface area contributed by atoms with E-state index in [1.807, 2.05) is 0 Å². The van der Waals surface area contributed by atoms with Crippen LogP contribution in [0, 0.1) is 0 Å². The Morgan fingerprint density at radius 2 is 1.78 bits per heavy atom. The number of halogens is 1. The van der Waals surface area contributed by atoms with Crippen molar-refractivity contribution in [2.75, 3.05) is 23.7 Å². The fourth-order valence-corrected chi connectivity index (χ4v) is 2.72. The first-order valence-corrected chi connectivity index (χ1v) is 6.30. The lowest BCUT2D eigenvalue weighted by molar-refractivity contribution is -0.133. The van der Waals surface area contributed by atoms with Gasteiger partial charge in [0, 0.05) is 19.2 Å². The first-order chi connectivity index (χ1) is 8.17. The maximum atomic E-state index is 6.02. The Kier molecular flexibility index (Phi) is 3.15. The van der Waals surface area contributed by atoms with Crippen LogP contribution >= 0.6 is 11.6 Å². The van der Waals surface area contributed by atoms with Crippen LogP contribution in [0.25, 0.3) is 0 Å². The predicted molar refractivity (Wildman–Crippen MR) is 72.9 cm³/mol. The maximum absolute atomic E-state index is 6.02. The van der Waals surface area contributed by atoms with Crippen molar-refractivity contribution in [2.45, 2.75) is 38.9 Å². The molecule has 0 radical (unpaired) electrons. The largest absolute Gasteiger partial charge is 0.368 e. The third kappa shape index (κ3) is 3.03. The summed E-state index contributed by atoms with van der Waals surface area (Å²) in [6.07, 6.45) is 0. The molecule has 0 aromatic carbocycles. The number of aromatic nitrogens is 2. The van der Waals surface area contributed by atoms with Crippen molar-refractivity contribution in [3.05, 3.63) is 11.2 Å². The zero-order valence-electron chi connectivity index (χ0n) is 11.2. The summed E-state index contributed by atoms with van der Waals surface area (Å²) in [5, 5.41) is 0.361. The van der Waals surface area contributed by atoms with Crippen LogP contribution in [0.1, 0.15) is 27.7 Å². The lowest BCUT2D eigenvalue weighted by Crippen LogP contribution is -2.57. The minimum atomic E-state index is -0.242. The molecule has 0 bridgehead atoms. The number of morpholine rings is 1. The second-order valence-corrected chi connectivity index (χ2v) is 6.27. The Hall–Kier alpha value is -1.07. The molecule has 1 aromatic heterocycles. The van der Waals surface area contributed by atoms with Crippen LogP contribution in [0.5, 0.6) is 0 Å². The van der Waals surface area contributed by atoms with E-state index in [2.05, 4.69) is 42.6 Å². The molecule has 0 atom stereocenters. The number of nitrogens with two attached hydrogens (primary N) is 1. The first kappa shape index (κ1) is 13.4. The van der Waals surface area contributed by atoms with Crippen molar-refractivity contribution in [3.8, 4) is 0 Å². The molecule has 5 nitrogen and oxygen atoms in total. The number of anilines is 2. The summed E-state index contributed by atoms with van der Waals surface area (Å²) >= 11 is 5.92. The van der Waals surface area contributed by atoms with Crippen LogP contribution in [0.3, 0.4) is 0 Å². The highest BCUT2D eigenvalue weighted by Gasteiger charge is 2.38. The monoisotopic (exact) mass is 270 g/mol. The van der Waals surface area contributed by atoms with Crippen molar-refractivity contribution in [1.82, 2.24) is 9.97 Å². The van der Waals surface area contributed by atoms with Gasteiger partial charge in [-0.3, -0.25) is 0 Å². The molecule has 1 fully saturated rings. The van der Waals surface area contributed by atoms with Gasteiger partial charge in [0.2, 0.25) is 5.95 Å². The van der Waals surface area contributed by atoms with E-state index < -0.39 is 0 Å². The quantitative estimate of drug-likeness (QED) is 0.792. The topological polar surface area (TPSA) is 64.3 Å². The number of nitrogen functional groups attached to an aromatic ring is 1. The summed E-state index contributed by atoms with van der Waals surface area (Å²) in [4.78, 5) is 10.2. The van der Waals surface area contributed by atoms with E-state index in [0.29, 0.717) is 5.15 Å². The Labute approximate surface area is 112 Å². The van der Waals surface area contributed by atoms with Crippen LogP contribution in [0.15, 0.2) is 6.07 Å². The van der Waals surface area contributed by atoms with Gasteiger partial charge in [0.05, 0.1) is 11.2 Å². The van der Waals surface area contributed by atoms with Gasteiger partial charge in [0.15, 0.2) is 0 Å². The Bertz CT molecular complexity index is 425. The minimum absolute atomic E-state index is 0.194. The van der Waals surface area contributed by atoms with Crippen molar-refractivity contribution >= 4 is 23.4 Å². The molecule has 1 saturated heterocycles. The molecular formula is C12H19ClN4O. The van der Waals surface area contributed by atoms with Gasteiger partial charge in [-0.05, 0) is 27.7 Å². The minimum Gasteiger partial charge on any atom is -0.368 e. The maximum Gasteiger partial charge on any atom is 0.223 e. The van der Waals surface area contributed by atoms with Crippen molar-refractivity contribution in [2.24, 2.45) is 0 Å². The Balaban J connectivity index is 2.32. The van der Waals surface area contributed by atoms with Gasteiger partial charge in [-0.1, -0.05) is 11.6 Å². The second-order valence-electron chi connectivity index (χ2n) is 5.88. The van der Waals surface area contributed by atoms with Crippen LogP contribution in [0.4, 0.5) is 11.8 Å². The van der Waals surface area contributed by atoms with Crippen LogP contribution in [0.2, 0.25) is 5.15 Å². The molecule has 0 spiro atoms. The zero-order valence-corrected chi connectivity index (χ0v) is 12.0. The van der Waals surface area contributed by atoms with Gasteiger partial charge in [-0.25, -0.2) is 4.98 Å². The summed E-state index contributed by atoms with van der Waals surface area (Å²) in [6.45, 7) is 9.73. The van der Waals surface area contributed by atoms with E-state index in [1.54, 1.807) is 6.07 Å². The number of ether oxygens (including phenoxy) is 1. The van der Waals surface area contributed by atoms with Crippen LogP contribution < -0.4 is 10.6 Å². The standard InChI is InChI=1S/C12H19ClN4O/c1-11(2)6-17(7-12(3,4)18-11)9-5-8(13)15-10(14)16-9/h5H,6-7H2,1-4H3,(H2,14,15,16). The fourth-order valence-electron chi connectivity index (χ4n) is 2.53. The molecule has 2 rings (SSSR count). The van der Waals surface area contributed by atoms with Crippen LogP contribution in [-0.2, 0) is 4.74 Å². The molecule has 1 aliphatic rings. The summed E-state index contributed by atoms with van der Waals surface area (Å²) in [5.74, 6) is 0.941. The summed E-state index contributed by atoms with van der Waals surface area (Å²) < 4.78 is 6.02. The first-order valence-electron chi connectivity index (χ1n) is 5.92. The van der Waals surface area contributed by atoms with E-state index in [0.717, 1.165) is 18.9 Å². The molecule has 0 saturated carbocycles. The molecule has 1 aliphatic heterocycles.